The monoisotopic (exact) mass is 211 g/mol. The second kappa shape index (κ2) is 4.52. The standard InChI is InChI=1S/C9H13N3OS/c13-9(7-1-2-10-3-7)12-5-8-4-11-6-14-8/h4,6-7,10H,1-3,5H2,(H,12,13). The average molecular weight is 211 g/mol. The molecular weight excluding hydrogens is 198 g/mol. The summed E-state index contributed by atoms with van der Waals surface area (Å²) in [5.41, 5.74) is 1.78. The summed E-state index contributed by atoms with van der Waals surface area (Å²) in [6, 6.07) is 0. The maximum atomic E-state index is 11.6. The van der Waals surface area contributed by atoms with Gasteiger partial charge in [0.05, 0.1) is 18.0 Å². The lowest BCUT2D eigenvalue weighted by Gasteiger charge is -2.08. The number of amides is 1. The molecule has 1 unspecified atom stereocenters. The Hall–Kier alpha value is -0.940. The van der Waals surface area contributed by atoms with Gasteiger partial charge in [-0.05, 0) is 13.0 Å². The molecule has 0 saturated carbocycles. The fourth-order valence-electron chi connectivity index (χ4n) is 1.53. The molecule has 0 spiro atoms. The van der Waals surface area contributed by atoms with Crippen LogP contribution in [0.3, 0.4) is 0 Å². The second-order valence-electron chi connectivity index (χ2n) is 3.38. The summed E-state index contributed by atoms with van der Waals surface area (Å²) in [4.78, 5) is 16.6. The third-order valence-electron chi connectivity index (χ3n) is 2.35. The van der Waals surface area contributed by atoms with E-state index in [0.717, 1.165) is 24.4 Å². The van der Waals surface area contributed by atoms with Gasteiger partial charge in [0.2, 0.25) is 5.91 Å². The third-order valence-corrected chi connectivity index (χ3v) is 3.13. The van der Waals surface area contributed by atoms with Crippen LogP contribution in [-0.2, 0) is 11.3 Å². The summed E-state index contributed by atoms with van der Waals surface area (Å²) in [6.07, 6.45) is 2.74. The first-order valence-electron chi connectivity index (χ1n) is 4.72. The van der Waals surface area contributed by atoms with Gasteiger partial charge in [-0.1, -0.05) is 0 Å². The van der Waals surface area contributed by atoms with Crippen molar-refractivity contribution in [1.29, 1.82) is 0 Å². The first-order valence-corrected chi connectivity index (χ1v) is 5.60. The van der Waals surface area contributed by atoms with E-state index in [1.54, 1.807) is 23.0 Å². The lowest BCUT2D eigenvalue weighted by Crippen LogP contribution is -2.31. The molecule has 0 bridgehead atoms. The van der Waals surface area contributed by atoms with Crippen LogP contribution in [0.25, 0.3) is 0 Å². The van der Waals surface area contributed by atoms with Crippen LogP contribution >= 0.6 is 11.3 Å². The van der Waals surface area contributed by atoms with Crippen LogP contribution in [0.1, 0.15) is 11.3 Å². The van der Waals surface area contributed by atoms with E-state index in [9.17, 15) is 4.79 Å². The number of thiazole rings is 1. The van der Waals surface area contributed by atoms with Gasteiger partial charge < -0.3 is 10.6 Å². The molecule has 1 aromatic rings. The van der Waals surface area contributed by atoms with E-state index in [1.807, 2.05) is 0 Å². The molecule has 1 aliphatic rings. The number of nitrogens with one attached hydrogen (secondary N) is 2. The van der Waals surface area contributed by atoms with E-state index < -0.39 is 0 Å². The van der Waals surface area contributed by atoms with Crippen molar-refractivity contribution < 1.29 is 4.79 Å². The number of nitrogens with zero attached hydrogens (tertiary/aromatic N) is 1. The number of carbonyl (C=O) groups is 1. The number of hydrogen-bond acceptors (Lipinski definition) is 4. The molecule has 14 heavy (non-hydrogen) atoms. The Kier molecular flexibility index (Phi) is 3.10. The Balaban J connectivity index is 1.77. The van der Waals surface area contributed by atoms with Gasteiger partial charge in [0.25, 0.3) is 0 Å². The molecule has 1 aromatic heterocycles. The molecule has 1 fully saturated rings. The van der Waals surface area contributed by atoms with Gasteiger partial charge in [-0.2, -0.15) is 0 Å². The zero-order valence-electron chi connectivity index (χ0n) is 7.82. The van der Waals surface area contributed by atoms with Gasteiger partial charge in [0.15, 0.2) is 0 Å². The fraction of sp³-hybridized carbons (Fsp3) is 0.556. The molecule has 76 valence electrons. The van der Waals surface area contributed by atoms with Crippen molar-refractivity contribution in [3.8, 4) is 0 Å². The quantitative estimate of drug-likeness (QED) is 0.759. The topological polar surface area (TPSA) is 54.0 Å². The Labute approximate surface area is 86.7 Å². The Morgan fingerprint density at radius 3 is 3.36 bits per heavy atom. The minimum absolute atomic E-state index is 0.155. The first-order chi connectivity index (χ1) is 6.86. The zero-order chi connectivity index (χ0) is 9.80. The summed E-state index contributed by atoms with van der Waals surface area (Å²) in [6.45, 7) is 2.38. The number of rotatable bonds is 3. The summed E-state index contributed by atoms with van der Waals surface area (Å²) in [7, 11) is 0. The molecule has 2 N–H and O–H groups in total. The van der Waals surface area contributed by atoms with Crippen LogP contribution in [0.4, 0.5) is 0 Å². The lowest BCUT2D eigenvalue weighted by molar-refractivity contribution is -0.124. The Bertz CT molecular complexity index is 293. The summed E-state index contributed by atoms with van der Waals surface area (Å²) in [5.74, 6) is 0.311. The summed E-state index contributed by atoms with van der Waals surface area (Å²) >= 11 is 1.57. The van der Waals surface area contributed by atoms with Crippen molar-refractivity contribution in [1.82, 2.24) is 15.6 Å². The van der Waals surface area contributed by atoms with Gasteiger partial charge in [0.1, 0.15) is 0 Å². The van der Waals surface area contributed by atoms with E-state index in [1.165, 1.54) is 0 Å². The number of hydrogen-bond donors (Lipinski definition) is 2. The second-order valence-corrected chi connectivity index (χ2v) is 4.35. The molecule has 0 radical (unpaired) electrons. The predicted molar refractivity (Wildman–Crippen MR) is 54.9 cm³/mol. The van der Waals surface area contributed by atoms with Crippen molar-refractivity contribution >= 4 is 17.2 Å². The van der Waals surface area contributed by atoms with Crippen molar-refractivity contribution in [2.45, 2.75) is 13.0 Å². The highest BCUT2D eigenvalue weighted by atomic mass is 32.1. The van der Waals surface area contributed by atoms with Crippen LogP contribution in [0, 0.1) is 5.92 Å². The van der Waals surface area contributed by atoms with Crippen LogP contribution in [0.2, 0.25) is 0 Å². The third kappa shape index (κ3) is 2.30. The first kappa shape index (κ1) is 9.61. The smallest absolute Gasteiger partial charge is 0.224 e. The van der Waals surface area contributed by atoms with Gasteiger partial charge in [0, 0.05) is 17.6 Å². The van der Waals surface area contributed by atoms with Crippen molar-refractivity contribution in [2.24, 2.45) is 5.92 Å². The molecule has 1 amide bonds. The highest BCUT2D eigenvalue weighted by molar-refractivity contribution is 7.09. The van der Waals surface area contributed by atoms with Gasteiger partial charge in [-0.25, -0.2) is 0 Å². The fourth-order valence-corrected chi connectivity index (χ4v) is 2.06. The van der Waals surface area contributed by atoms with Crippen molar-refractivity contribution in [3.05, 3.63) is 16.6 Å². The minimum Gasteiger partial charge on any atom is -0.351 e. The molecule has 1 aliphatic heterocycles. The van der Waals surface area contributed by atoms with E-state index in [4.69, 9.17) is 0 Å². The highest BCUT2D eigenvalue weighted by Gasteiger charge is 2.21. The van der Waals surface area contributed by atoms with Crippen LogP contribution < -0.4 is 10.6 Å². The van der Waals surface area contributed by atoms with E-state index >= 15 is 0 Å². The molecule has 2 heterocycles. The molecule has 0 aromatic carbocycles. The lowest BCUT2D eigenvalue weighted by atomic mass is 10.1. The zero-order valence-corrected chi connectivity index (χ0v) is 8.64. The summed E-state index contributed by atoms with van der Waals surface area (Å²) in [5, 5.41) is 6.09. The largest absolute Gasteiger partial charge is 0.351 e. The molecule has 4 nitrogen and oxygen atoms in total. The SMILES string of the molecule is O=C(NCc1cncs1)C1CCNC1. The minimum atomic E-state index is 0.155. The van der Waals surface area contributed by atoms with Crippen LogP contribution in [0.15, 0.2) is 11.7 Å². The average Bonchev–Trinajstić information content (AvgIpc) is 2.87. The van der Waals surface area contributed by atoms with Crippen molar-refractivity contribution in [2.75, 3.05) is 13.1 Å². The predicted octanol–water partition coefficient (Wildman–Crippen LogP) is 0.369. The number of aromatic nitrogens is 1. The van der Waals surface area contributed by atoms with E-state index in [2.05, 4.69) is 15.6 Å². The molecule has 2 rings (SSSR count). The van der Waals surface area contributed by atoms with Gasteiger partial charge in [-0.15, -0.1) is 11.3 Å². The maximum absolute atomic E-state index is 11.6. The summed E-state index contributed by atoms with van der Waals surface area (Å²) < 4.78 is 0. The number of carbonyl (C=O) groups excluding carboxylic acids is 1. The molecule has 1 atom stereocenters. The highest BCUT2D eigenvalue weighted by Crippen LogP contribution is 2.09. The molecule has 0 aliphatic carbocycles. The van der Waals surface area contributed by atoms with Crippen LogP contribution in [0.5, 0.6) is 0 Å². The van der Waals surface area contributed by atoms with Gasteiger partial charge >= 0.3 is 0 Å². The Morgan fingerprint density at radius 1 is 1.79 bits per heavy atom. The molecule has 1 saturated heterocycles. The van der Waals surface area contributed by atoms with E-state index in [-0.39, 0.29) is 11.8 Å². The molecular formula is C9H13N3OS. The maximum Gasteiger partial charge on any atom is 0.224 e. The van der Waals surface area contributed by atoms with Gasteiger partial charge in [-0.3, -0.25) is 9.78 Å². The van der Waals surface area contributed by atoms with Crippen LogP contribution in [-0.4, -0.2) is 24.0 Å². The van der Waals surface area contributed by atoms with E-state index in [0.29, 0.717) is 6.54 Å². The Morgan fingerprint density at radius 2 is 2.71 bits per heavy atom. The van der Waals surface area contributed by atoms with Crippen molar-refractivity contribution in [3.63, 3.8) is 0 Å². The normalized spacial score (nSPS) is 21.0. The molecule has 5 heteroatoms.